The topological polar surface area (TPSA) is 57.7 Å². The van der Waals surface area contributed by atoms with E-state index in [0.717, 1.165) is 12.8 Å². The van der Waals surface area contributed by atoms with E-state index in [9.17, 15) is 13.2 Å². The third kappa shape index (κ3) is 2.84. The zero-order chi connectivity index (χ0) is 15.9. The number of sulfonamides is 1. The molecule has 1 saturated heterocycles. The fraction of sp³-hybridized carbons (Fsp3) is 0.562. The van der Waals surface area contributed by atoms with E-state index in [4.69, 9.17) is 0 Å². The molecule has 22 heavy (non-hydrogen) atoms. The second-order valence-corrected chi connectivity index (χ2v) is 8.34. The van der Waals surface area contributed by atoms with Gasteiger partial charge < -0.3 is 4.90 Å². The number of carbonyl (C=O) groups is 1. The van der Waals surface area contributed by atoms with Crippen molar-refractivity contribution in [1.29, 1.82) is 0 Å². The van der Waals surface area contributed by atoms with Crippen LogP contribution >= 0.6 is 0 Å². The molecule has 2 aliphatic rings. The fourth-order valence-electron chi connectivity index (χ4n) is 3.05. The van der Waals surface area contributed by atoms with E-state index >= 15 is 0 Å². The zero-order valence-corrected chi connectivity index (χ0v) is 13.8. The second kappa shape index (κ2) is 5.57. The van der Waals surface area contributed by atoms with Crippen LogP contribution in [0.3, 0.4) is 0 Å². The molecule has 0 spiro atoms. The van der Waals surface area contributed by atoms with Gasteiger partial charge in [-0.25, -0.2) is 8.42 Å². The molecule has 1 aromatic rings. The van der Waals surface area contributed by atoms with Crippen molar-refractivity contribution in [3.05, 3.63) is 29.8 Å². The molecule has 1 amide bonds. The molecule has 6 heteroatoms. The Morgan fingerprint density at radius 2 is 2.05 bits per heavy atom. The lowest BCUT2D eigenvalue weighted by Gasteiger charge is -2.27. The summed E-state index contributed by atoms with van der Waals surface area (Å²) in [6.45, 7) is 4.53. The van der Waals surface area contributed by atoms with E-state index in [0.29, 0.717) is 30.3 Å². The van der Waals surface area contributed by atoms with Gasteiger partial charge in [-0.05, 0) is 51.3 Å². The number of rotatable bonds is 4. The fourth-order valence-corrected chi connectivity index (χ4v) is 4.60. The van der Waals surface area contributed by atoms with Gasteiger partial charge in [-0.3, -0.25) is 9.10 Å². The Labute approximate surface area is 132 Å². The number of nitrogens with zero attached hydrogens (tertiary/aromatic N) is 2. The second-order valence-electron chi connectivity index (χ2n) is 6.33. The molecule has 0 unspecified atom stereocenters. The average Bonchev–Trinajstić information content (AvgIpc) is 3.21. The molecule has 1 heterocycles. The molecule has 1 aliphatic heterocycles. The molecule has 0 N–H and O–H groups in total. The van der Waals surface area contributed by atoms with Crippen molar-refractivity contribution in [2.45, 2.75) is 45.2 Å². The van der Waals surface area contributed by atoms with E-state index in [1.54, 1.807) is 24.3 Å². The van der Waals surface area contributed by atoms with Gasteiger partial charge in [0, 0.05) is 24.2 Å². The maximum absolute atomic E-state index is 12.8. The molecule has 1 aliphatic carbocycles. The van der Waals surface area contributed by atoms with Gasteiger partial charge in [-0.2, -0.15) is 0 Å². The number of anilines is 1. The summed E-state index contributed by atoms with van der Waals surface area (Å²) >= 11 is 0. The van der Waals surface area contributed by atoms with Gasteiger partial charge in [0.15, 0.2) is 0 Å². The van der Waals surface area contributed by atoms with Crippen LogP contribution in [-0.2, 0) is 10.0 Å². The molecule has 120 valence electrons. The largest absolute Gasteiger partial charge is 0.333 e. The first-order valence-corrected chi connectivity index (χ1v) is 9.44. The van der Waals surface area contributed by atoms with Gasteiger partial charge in [0.05, 0.1) is 11.4 Å². The number of amides is 1. The van der Waals surface area contributed by atoms with Gasteiger partial charge in [-0.1, -0.05) is 6.07 Å². The first-order valence-electron chi connectivity index (χ1n) is 7.83. The molecule has 1 saturated carbocycles. The van der Waals surface area contributed by atoms with E-state index in [2.05, 4.69) is 0 Å². The van der Waals surface area contributed by atoms with Crippen molar-refractivity contribution in [1.82, 2.24) is 4.90 Å². The highest BCUT2D eigenvalue weighted by Gasteiger charge is 2.35. The first kappa shape index (κ1) is 15.3. The normalized spacial score (nSPS) is 20.4. The molecule has 0 atom stereocenters. The molecule has 1 aromatic carbocycles. The monoisotopic (exact) mass is 322 g/mol. The minimum atomic E-state index is -3.21. The summed E-state index contributed by atoms with van der Waals surface area (Å²) in [6, 6.07) is 7.50. The Balaban J connectivity index is 1.89. The predicted octanol–water partition coefficient (Wildman–Crippen LogP) is 2.24. The van der Waals surface area contributed by atoms with Crippen molar-refractivity contribution < 1.29 is 13.2 Å². The van der Waals surface area contributed by atoms with Crippen molar-refractivity contribution in [3.63, 3.8) is 0 Å². The average molecular weight is 322 g/mol. The van der Waals surface area contributed by atoms with Crippen LogP contribution in [0.4, 0.5) is 5.69 Å². The molecule has 0 aromatic heterocycles. The molecular formula is C16H22N2O3S. The molecular weight excluding hydrogens is 300 g/mol. The lowest BCUT2D eigenvalue weighted by molar-refractivity contribution is 0.0690. The SMILES string of the molecule is CC(C)N(C(=O)c1cccc(N2CCCS2(=O)=O)c1)C1CC1. The van der Waals surface area contributed by atoms with E-state index < -0.39 is 10.0 Å². The summed E-state index contributed by atoms with van der Waals surface area (Å²) in [6.07, 6.45) is 2.76. The highest BCUT2D eigenvalue weighted by atomic mass is 32.2. The van der Waals surface area contributed by atoms with Gasteiger partial charge in [-0.15, -0.1) is 0 Å². The van der Waals surface area contributed by atoms with Crippen molar-refractivity contribution in [3.8, 4) is 0 Å². The first-order chi connectivity index (χ1) is 10.4. The predicted molar refractivity (Wildman–Crippen MR) is 86.5 cm³/mol. The summed E-state index contributed by atoms with van der Waals surface area (Å²) in [7, 11) is -3.21. The van der Waals surface area contributed by atoms with Crippen molar-refractivity contribution in [2.24, 2.45) is 0 Å². The Morgan fingerprint density at radius 3 is 2.59 bits per heavy atom. The Morgan fingerprint density at radius 1 is 1.32 bits per heavy atom. The maximum atomic E-state index is 12.8. The number of hydrogen-bond acceptors (Lipinski definition) is 3. The highest BCUT2D eigenvalue weighted by Crippen LogP contribution is 2.31. The zero-order valence-electron chi connectivity index (χ0n) is 13.0. The van der Waals surface area contributed by atoms with Crippen LogP contribution in [0.2, 0.25) is 0 Å². The summed E-state index contributed by atoms with van der Waals surface area (Å²) in [5.41, 5.74) is 1.17. The van der Waals surface area contributed by atoms with Crippen LogP contribution in [-0.4, -0.2) is 43.6 Å². The van der Waals surface area contributed by atoms with Gasteiger partial charge in [0.2, 0.25) is 10.0 Å². The summed E-state index contributed by atoms with van der Waals surface area (Å²) in [5, 5.41) is 0. The minimum Gasteiger partial charge on any atom is -0.333 e. The van der Waals surface area contributed by atoms with Crippen molar-refractivity contribution >= 4 is 21.6 Å². The van der Waals surface area contributed by atoms with E-state index in [1.807, 2.05) is 18.7 Å². The number of hydrogen-bond donors (Lipinski definition) is 0. The maximum Gasteiger partial charge on any atom is 0.254 e. The number of benzene rings is 1. The van der Waals surface area contributed by atoms with Crippen LogP contribution in [0.1, 0.15) is 43.5 Å². The van der Waals surface area contributed by atoms with Gasteiger partial charge in [0.1, 0.15) is 0 Å². The molecule has 5 nitrogen and oxygen atoms in total. The molecule has 2 fully saturated rings. The summed E-state index contributed by atoms with van der Waals surface area (Å²) in [5.74, 6) is 0.182. The lowest BCUT2D eigenvalue weighted by Crippen LogP contribution is -2.38. The Bertz CT molecular complexity index is 678. The van der Waals surface area contributed by atoms with E-state index in [1.165, 1.54) is 4.31 Å². The Kier molecular flexibility index (Phi) is 3.89. The lowest BCUT2D eigenvalue weighted by atomic mass is 10.1. The van der Waals surface area contributed by atoms with Gasteiger partial charge >= 0.3 is 0 Å². The third-order valence-corrected chi connectivity index (χ3v) is 6.08. The van der Waals surface area contributed by atoms with Crippen LogP contribution in [0, 0.1) is 0 Å². The Hall–Kier alpha value is -1.56. The van der Waals surface area contributed by atoms with Gasteiger partial charge in [0.25, 0.3) is 5.91 Å². The smallest absolute Gasteiger partial charge is 0.254 e. The van der Waals surface area contributed by atoms with Crippen LogP contribution in [0.15, 0.2) is 24.3 Å². The molecule has 3 rings (SSSR count). The van der Waals surface area contributed by atoms with Crippen LogP contribution in [0.25, 0.3) is 0 Å². The van der Waals surface area contributed by atoms with Crippen LogP contribution in [0.5, 0.6) is 0 Å². The van der Waals surface area contributed by atoms with Crippen LogP contribution < -0.4 is 4.31 Å². The summed E-state index contributed by atoms with van der Waals surface area (Å²) in [4.78, 5) is 14.7. The van der Waals surface area contributed by atoms with Crippen molar-refractivity contribution in [2.75, 3.05) is 16.6 Å². The summed E-state index contributed by atoms with van der Waals surface area (Å²) < 4.78 is 25.5. The minimum absolute atomic E-state index is 0.00375. The number of carbonyl (C=O) groups excluding carboxylic acids is 1. The quantitative estimate of drug-likeness (QED) is 0.854. The standard InChI is InChI=1S/C16H22N2O3S/c1-12(2)18(14-7-8-14)16(19)13-5-3-6-15(11-13)17-9-4-10-22(17,20)21/h3,5-6,11-12,14H,4,7-10H2,1-2H3. The van der Waals surface area contributed by atoms with E-state index in [-0.39, 0.29) is 17.7 Å². The molecule has 0 bridgehead atoms. The molecule has 0 radical (unpaired) electrons. The third-order valence-electron chi connectivity index (χ3n) is 4.21. The highest BCUT2D eigenvalue weighted by molar-refractivity contribution is 7.93.